The van der Waals surface area contributed by atoms with Crippen LogP contribution in [0.3, 0.4) is 0 Å². The van der Waals surface area contributed by atoms with Gasteiger partial charge >= 0.3 is 0 Å². The largest absolute Gasteiger partial charge is 0.497 e. The minimum Gasteiger partial charge on any atom is -0.497 e. The van der Waals surface area contributed by atoms with E-state index in [-0.39, 0.29) is 5.54 Å². The molecule has 1 aromatic rings. The smallest absolute Gasteiger partial charge is 0.118 e. The zero-order chi connectivity index (χ0) is 15.4. The molecular weight excluding hydrogens is 246 g/mol. The fourth-order valence-electron chi connectivity index (χ4n) is 3.11. The highest BCUT2D eigenvalue weighted by atomic mass is 16.5. The molecule has 20 heavy (non-hydrogen) atoms. The molecule has 0 aliphatic rings. The maximum atomic E-state index is 5.23. The number of hydrogen-bond donors (Lipinski definition) is 1. The standard InChI is InChI=1S/C18H31NO/c1-8-16(14-9-11-15(20-7)12-10-14)19-18(5,6)13-17(2,3)4/h9-12,16,19H,8,13H2,1-7H3. The van der Waals surface area contributed by atoms with E-state index in [4.69, 9.17) is 4.74 Å². The van der Waals surface area contributed by atoms with Gasteiger partial charge in [0.1, 0.15) is 5.75 Å². The molecular formula is C18H31NO. The first-order chi connectivity index (χ1) is 9.17. The molecule has 1 unspecified atom stereocenters. The average Bonchev–Trinajstić information content (AvgIpc) is 2.33. The summed E-state index contributed by atoms with van der Waals surface area (Å²) in [6.45, 7) is 13.7. The predicted molar refractivity (Wildman–Crippen MR) is 87.3 cm³/mol. The molecule has 1 rings (SSSR count). The van der Waals surface area contributed by atoms with Gasteiger partial charge in [0.15, 0.2) is 0 Å². The molecule has 114 valence electrons. The van der Waals surface area contributed by atoms with Crippen molar-refractivity contribution in [1.29, 1.82) is 0 Å². The topological polar surface area (TPSA) is 21.3 Å². The summed E-state index contributed by atoms with van der Waals surface area (Å²) < 4.78 is 5.23. The third kappa shape index (κ3) is 5.54. The van der Waals surface area contributed by atoms with Crippen molar-refractivity contribution >= 4 is 0 Å². The van der Waals surface area contributed by atoms with Crippen LogP contribution in [0.15, 0.2) is 24.3 Å². The first kappa shape index (κ1) is 17.0. The van der Waals surface area contributed by atoms with E-state index in [0.29, 0.717) is 11.5 Å². The molecule has 0 aliphatic heterocycles. The molecule has 0 aromatic heterocycles. The molecule has 1 aromatic carbocycles. The zero-order valence-corrected chi connectivity index (χ0v) is 14.2. The fraction of sp³-hybridized carbons (Fsp3) is 0.667. The number of nitrogens with one attached hydrogen (secondary N) is 1. The Morgan fingerprint density at radius 2 is 1.60 bits per heavy atom. The van der Waals surface area contributed by atoms with Gasteiger partial charge in [0.25, 0.3) is 0 Å². The highest BCUT2D eigenvalue weighted by molar-refractivity contribution is 5.29. The van der Waals surface area contributed by atoms with Gasteiger partial charge in [0.2, 0.25) is 0 Å². The van der Waals surface area contributed by atoms with Gasteiger partial charge < -0.3 is 10.1 Å². The van der Waals surface area contributed by atoms with Gasteiger partial charge in [-0.2, -0.15) is 0 Å². The maximum absolute atomic E-state index is 5.23. The van der Waals surface area contributed by atoms with Gasteiger partial charge in [0.05, 0.1) is 7.11 Å². The van der Waals surface area contributed by atoms with Crippen molar-refractivity contribution < 1.29 is 4.74 Å². The summed E-state index contributed by atoms with van der Waals surface area (Å²) in [7, 11) is 1.71. The SMILES string of the molecule is CCC(NC(C)(C)CC(C)(C)C)c1ccc(OC)cc1. The molecule has 0 bridgehead atoms. The number of methoxy groups -OCH3 is 1. The van der Waals surface area contributed by atoms with Crippen molar-refractivity contribution in [2.75, 3.05) is 7.11 Å². The fourth-order valence-corrected chi connectivity index (χ4v) is 3.11. The van der Waals surface area contributed by atoms with Crippen molar-refractivity contribution in [2.24, 2.45) is 5.41 Å². The summed E-state index contributed by atoms with van der Waals surface area (Å²) in [5.74, 6) is 0.914. The Labute approximate surface area is 124 Å². The highest BCUT2D eigenvalue weighted by Crippen LogP contribution is 2.30. The summed E-state index contributed by atoms with van der Waals surface area (Å²) in [6, 6.07) is 8.78. The van der Waals surface area contributed by atoms with Crippen LogP contribution in [-0.4, -0.2) is 12.6 Å². The Morgan fingerprint density at radius 3 is 2.00 bits per heavy atom. The van der Waals surface area contributed by atoms with Crippen molar-refractivity contribution in [3.05, 3.63) is 29.8 Å². The molecule has 1 N–H and O–H groups in total. The van der Waals surface area contributed by atoms with E-state index in [1.807, 2.05) is 12.1 Å². The van der Waals surface area contributed by atoms with Gasteiger partial charge in [-0.05, 0) is 49.8 Å². The van der Waals surface area contributed by atoms with Gasteiger partial charge in [-0.25, -0.2) is 0 Å². The molecule has 0 saturated carbocycles. The minimum absolute atomic E-state index is 0.124. The van der Waals surface area contributed by atoms with Gasteiger partial charge in [-0.1, -0.05) is 39.8 Å². The summed E-state index contributed by atoms with van der Waals surface area (Å²) >= 11 is 0. The number of rotatable bonds is 6. The lowest BCUT2D eigenvalue weighted by Gasteiger charge is -2.37. The molecule has 0 spiro atoms. The summed E-state index contributed by atoms with van der Waals surface area (Å²) in [5, 5.41) is 3.81. The first-order valence-electron chi connectivity index (χ1n) is 7.58. The third-order valence-electron chi connectivity index (χ3n) is 3.46. The van der Waals surface area contributed by atoms with Crippen LogP contribution >= 0.6 is 0 Å². The van der Waals surface area contributed by atoms with E-state index in [1.54, 1.807) is 7.11 Å². The zero-order valence-electron chi connectivity index (χ0n) is 14.2. The van der Waals surface area contributed by atoms with E-state index < -0.39 is 0 Å². The molecule has 0 aliphatic carbocycles. The lowest BCUT2D eigenvalue weighted by molar-refractivity contribution is 0.220. The second kappa shape index (κ2) is 6.62. The van der Waals surface area contributed by atoms with E-state index in [1.165, 1.54) is 5.56 Å². The molecule has 0 fully saturated rings. The van der Waals surface area contributed by atoms with Crippen LogP contribution < -0.4 is 10.1 Å². The Kier molecular flexibility index (Phi) is 5.64. The van der Waals surface area contributed by atoms with Gasteiger partial charge in [-0.15, -0.1) is 0 Å². The van der Waals surface area contributed by atoms with E-state index in [2.05, 4.69) is 59.0 Å². The van der Waals surface area contributed by atoms with Crippen molar-refractivity contribution in [1.82, 2.24) is 5.32 Å². The summed E-state index contributed by atoms with van der Waals surface area (Å²) in [5.41, 5.74) is 1.78. The van der Waals surface area contributed by atoms with E-state index in [9.17, 15) is 0 Å². The van der Waals surface area contributed by atoms with Crippen LogP contribution in [0, 0.1) is 5.41 Å². The Hall–Kier alpha value is -1.02. The van der Waals surface area contributed by atoms with Crippen molar-refractivity contribution in [2.45, 2.75) is 66.0 Å². The number of benzene rings is 1. The van der Waals surface area contributed by atoms with Crippen LogP contribution in [0.1, 0.15) is 66.0 Å². The summed E-state index contributed by atoms with van der Waals surface area (Å²) in [4.78, 5) is 0. The van der Waals surface area contributed by atoms with Crippen molar-refractivity contribution in [3.63, 3.8) is 0 Å². The minimum atomic E-state index is 0.124. The second-order valence-corrected chi connectivity index (χ2v) is 7.50. The summed E-state index contributed by atoms with van der Waals surface area (Å²) in [6.07, 6.45) is 2.23. The van der Waals surface area contributed by atoms with Crippen LogP contribution in [0.5, 0.6) is 5.75 Å². The monoisotopic (exact) mass is 277 g/mol. The van der Waals surface area contributed by atoms with Gasteiger partial charge in [-0.3, -0.25) is 0 Å². The van der Waals surface area contributed by atoms with Crippen LogP contribution in [0.4, 0.5) is 0 Å². The molecule has 0 saturated heterocycles. The Morgan fingerprint density at radius 1 is 1.05 bits per heavy atom. The van der Waals surface area contributed by atoms with Crippen molar-refractivity contribution in [3.8, 4) is 5.75 Å². The number of ether oxygens (including phenoxy) is 1. The Balaban J connectivity index is 2.80. The Bertz CT molecular complexity index is 400. The molecule has 1 atom stereocenters. The normalized spacial score (nSPS) is 14.2. The van der Waals surface area contributed by atoms with Gasteiger partial charge in [0, 0.05) is 11.6 Å². The van der Waals surface area contributed by atoms with Crippen LogP contribution in [-0.2, 0) is 0 Å². The molecule has 2 nitrogen and oxygen atoms in total. The quantitative estimate of drug-likeness (QED) is 0.794. The lowest BCUT2D eigenvalue weighted by Crippen LogP contribution is -2.44. The van der Waals surface area contributed by atoms with E-state index in [0.717, 1.165) is 18.6 Å². The second-order valence-electron chi connectivity index (χ2n) is 7.50. The molecule has 0 radical (unpaired) electrons. The average molecular weight is 277 g/mol. The highest BCUT2D eigenvalue weighted by Gasteiger charge is 2.27. The molecule has 0 amide bonds. The third-order valence-corrected chi connectivity index (χ3v) is 3.46. The van der Waals surface area contributed by atoms with Crippen LogP contribution in [0.25, 0.3) is 0 Å². The first-order valence-corrected chi connectivity index (χ1v) is 7.58. The maximum Gasteiger partial charge on any atom is 0.118 e. The molecule has 2 heteroatoms. The lowest BCUT2D eigenvalue weighted by atomic mass is 9.81. The predicted octanol–water partition coefficient (Wildman–Crippen LogP) is 4.95. The van der Waals surface area contributed by atoms with Crippen LogP contribution in [0.2, 0.25) is 0 Å². The van der Waals surface area contributed by atoms with E-state index >= 15 is 0 Å². The molecule has 0 heterocycles. The number of hydrogen-bond acceptors (Lipinski definition) is 2.